The van der Waals surface area contributed by atoms with Crippen LogP contribution in [-0.2, 0) is 6.42 Å². The molecule has 2 heterocycles. The molecule has 19 heavy (non-hydrogen) atoms. The van der Waals surface area contributed by atoms with Gasteiger partial charge in [0.2, 0.25) is 5.28 Å². The Kier molecular flexibility index (Phi) is 3.05. The van der Waals surface area contributed by atoms with Crippen LogP contribution in [0, 0.1) is 0 Å². The lowest BCUT2D eigenvalue weighted by atomic mass is 10.1. The normalized spacial score (nSPS) is 10.8. The SMILES string of the molecule is CCc1ccccc1Nc1nc(Cl)nc2[nH]ncc12. The van der Waals surface area contributed by atoms with Crippen molar-refractivity contribution in [3.05, 3.63) is 41.3 Å². The Bertz CT molecular complexity index is 722. The maximum absolute atomic E-state index is 5.91. The average molecular weight is 274 g/mol. The molecule has 2 aromatic heterocycles. The number of hydrogen-bond acceptors (Lipinski definition) is 4. The predicted octanol–water partition coefficient (Wildman–Crippen LogP) is 3.31. The number of benzene rings is 1. The van der Waals surface area contributed by atoms with E-state index in [-0.39, 0.29) is 5.28 Å². The first-order chi connectivity index (χ1) is 9.28. The minimum absolute atomic E-state index is 0.188. The summed E-state index contributed by atoms with van der Waals surface area (Å²) in [5.74, 6) is 0.657. The Balaban J connectivity index is 2.07. The highest BCUT2D eigenvalue weighted by molar-refractivity contribution is 6.28. The van der Waals surface area contributed by atoms with E-state index >= 15 is 0 Å². The summed E-state index contributed by atoms with van der Waals surface area (Å²) >= 11 is 5.91. The fraction of sp³-hybridized carbons (Fsp3) is 0.154. The smallest absolute Gasteiger partial charge is 0.226 e. The molecule has 5 nitrogen and oxygen atoms in total. The van der Waals surface area contributed by atoms with Gasteiger partial charge in [-0.2, -0.15) is 15.1 Å². The minimum atomic E-state index is 0.188. The fourth-order valence-electron chi connectivity index (χ4n) is 1.98. The second-order valence-electron chi connectivity index (χ2n) is 4.11. The van der Waals surface area contributed by atoms with Gasteiger partial charge in [0.25, 0.3) is 0 Å². The van der Waals surface area contributed by atoms with Crippen LogP contribution in [-0.4, -0.2) is 20.2 Å². The summed E-state index contributed by atoms with van der Waals surface area (Å²) in [6.07, 6.45) is 2.62. The van der Waals surface area contributed by atoms with Gasteiger partial charge in [0.15, 0.2) is 5.65 Å². The van der Waals surface area contributed by atoms with Crippen LogP contribution in [0.4, 0.5) is 11.5 Å². The molecule has 6 heteroatoms. The fourth-order valence-corrected chi connectivity index (χ4v) is 2.15. The zero-order valence-electron chi connectivity index (χ0n) is 10.3. The highest BCUT2D eigenvalue weighted by atomic mass is 35.5. The summed E-state index contributed by atoms with van der Waals surface area (Å²) in [5, 5.41) is 11.1. The quantitative estimate of drug-likeness (QED) is 0.719. The monoisotopic (exact) mass is 273 g/mol. The van der Waals surface area contributed by atoms with Crippen molar-refractivity contribution in [1.29, 1.82) is 0 Å². The number of para-hydroxylation sites is 1. The molecule has 0 saturated carbocycles. The van der Waals surface area contributed by atoms with E-state index in [1.54, 1.807) is 6.20 Å². The summed E-state index contributed by atoms with van der Waals surface area (Å²) in [7, 11) is 0. The van der Waals surface area contributed by atoms with E-state index in [0.717, 1.165) is 17.5 Å². The van der Waals surface area contributed by atoms with Crippen LogP contribution in [0.3, 0.4) is 0 Å². The Hall–Kier alpha value is -2.14. The summed E-state index contributed by atoms with van der Waals surface area (Å²) < 4.78 is 0. The van der Waals surface area contributed by atoms with Gasteiger partial charge in [-0.15, -0.1) is 0 Å². The molecule has 0 unspecified atom stereocenters. The number of hydrogen-bond donors (Lipinski definition) is 2. The molecule has 0 amide bonds. The molecule has 2 N–H and O–H groups in total. The number of aromatic amines is 1. The molecular weight excluding hydrogens is 262 g/mol. The molecule has 0 fully saturated rings. The number of aromatic nitrogens is 4. The van der Waals surface area contributed by atoms with E-state index < -0.39 is 0 Å². The molecule has 0 aliphatic rings. The Labute approximate surface area is 115 Å². The van der Waals surface area contributed by atoms with Gasteiger partial charge in [-0.25, -0.2) is 0 Å². The number of aryl methyl sites for hydroxylation is 1. The van der Waals surface area contributed by atoms with Crippen molar-refractivity contribution >= 4 is 34.1 Å². The number of anilines is 2. The zero-order valence-corrected chi connectivity index (χ0v) is 11.1. The van der Waals surface area contributed by atoms with Crippen LogP contribution in [0.5, 0.6) is 0 Å². The molecule has 0 bridgehead atoms. The van der Waals surface area contributed by atoms with Crippen LogP contribution in [0.15, 0.2) is 30.5 Å². The van der Waals surface area contributed by atoms with Crippen LogP contribution >= 0.6 is 11.6 Å². The lowest BCUT2D eigenvalue weighted by Gasteiger charge is -2.10. The van der Waals surface area contributed by atoms with E-state index in [0.29, 0.717) is 11.5 Å². The second-order valence-corrected chi connectivity index (χ2v) is 4.45. The van der Waals surface area contributed by atoms with Gasteiger partial charge in [0, 0.05) is 5.69 Å². The maximum atomic E-state index is 5.91. The van der Waals surface area contributed by atoms with Gasteiger partial charge < -0.3 is 5.32 Å². The molecular formula is C13H12ClN5. The van der Waals surface area contributed by atoms with Gasteiger partial charge in [-0.05, 0) is 29.7 Å². The third-order valence-corrected chi connectivity index (χ3v) is 3.10. The topological polar surface area (TPSA) is 66.5 Å². The highest BCUT2D eigenvalue weighted by Crippen LogP contribution is 2.25. The standard InChI is InChI=1S/C13H12ClN5/c1-2-8-5-3-4-6-10(8)16-11-9-7-15-19-12(9)18-13(14)17-11/h3-7H,2H2,1H3,(H2,15,16,17,18,19). The lowest BCUT2D eigenvalue weighted by Crippen LogP contribution is -1.99. The molecule has 0 saturated heterocycles. The second kappa shape index (κ2) is 4.85. The Morgan fingerprint density at radius 2 is 2.11 bits per heavy atom. The first kappa shape index (κ1) is 11.9. The molecule has 3 rings (SSSR count). The molecule has 3 aromatic rings. The van der Waals surface area contributed by atoms with Crippen LogP contribution < -0.4 is 5.32 Å². The Morgan fingerprint density at radius 3 is 2.95 bits per heavy atom. The van der Waals surface area contributed by atoms with Gasteiger partial charge in [-0.1, -0.05) is 25.1 Å². The summed E-state index contributed by atoms with van der Waals surface area (Å²) in [4.78, 5) is 8.30. The van der Waals surface area contributed by atoms with Gasteiger partial charge in [0.1, 0.15) is 5.82 Å². The van der Waals surface area contributed by atoms with E-state index in [2.05, 4.69) is 38.5 Å². The zero-order chi connectivity index (χ0) is 13.2. The van der Waals surface area contributed by atoms with Gasteiger partial charge in [0.05, 0.1) is 11.6 Å². The van der Waals surface area contributed by atoms with Crippen molar-refractivity contribution in [2.75, 3.05) is 5.32 Å². The molecule has 96 valence electrons. The maximum Gasteiger partial charge on any atom is 0.226 e. The van der Waals surface area contributed by atoms with E-state index in [4.69, 9.17) is 11.6 Å². The molecule has 0 spiro atoms. The predicted molar refractivity (Wildman–Crippen MR) is 75.8 cm³/mol. The Morgan fingerprint density at radius 1 is 1.26 bits per heavy atom. The molecule has 0 aliphatic heterocycles. The van der Waals surface area contributed by atoms with E-state index in [1.165, 1.54) is 5.56 Å². The summed E-state index contributed by atoms with van der Waals surface area (Å²) in [6, 6.07) is 8.10. The molecule has 0 aliphatic carbocycles. The number of H-pyrrole nitrogens is 1. The average Bonchev–Trinajstić information content (AvgIpc) is 2.87. The summed E-state index contributed by atoms with van der Waals surface area (Å²) in [5.41, 5.74) is 2.85. The van der Waals surface area contributed by atoms with Crippen molar-refractivity contribution in [1.82, 2.24) is 20.2 Å². The number of rotatable bonds is 3. The van der Waals surface area contributed by atoms with E-state index in [1.807, 2.05) is 18.2 Å². The third kappa shape index (κ3) is 2.24. The lowest BCUT2D eigenvalue weighted by molar-refractivity contribution is 1.09. The van der Waals surface area contributed by atoms with Crippen LogP contribution in [0.25, 0.3) is 11.0 Å². The number of halogens is 1. The highest BCUT2D eigenvalue weighted by Gasteiger charge is 2.09. The van der Waals surface area contributed by atoms with Gasteiger partial charge in [-0.3, -0.25) is 5.10 Å². The van der Waals surface area contributed by atoms with Crippen molar-refractivity contribution in [3.63, 3.8) is 0 Å². The van der Waals surface area contributed by atoms with Crippen LogP contribution in [0.2, 0.25) is 5.28 Å². The van der Waals surface area contributed by atoms with Crippen molar-refractivity contribution < 1.29 is 0 Å². The molecule has 1 aromatic carbocycles. The summed E-state index contributed by atoms with van der Waals surface area (Å²) in [6.45, 7) is 2.11. The first-order valence-corrected chi connectivity index (χ1v) is 6.37. The van der Waals surface area contributed by atoms with Crippen molar-refractivity contribution in [2.45, 2.75) is 13.3 Å². The first-order valence-electron chi connectivity index (χ1n) is 5.99. The van der Waals surface area contributed by atoms with Crippen LogP contribution in [0.1, 0.15) is 12.5 Å². The largest absolute Gasteiger partial charge is 0.339 e. The minimum Gasteiger partial charge on any atom is -0.339 e. The van der Waals surface area contributed by atoms with Gasteiger partial charge >= 0.3 is 0 Å². The van der Waals surface area contributed by atoms with Crippen molar-refractivity contribution in [3.8, 4) is 0 Å². The molecule has 0 radical (unpaired) electrons. The number of fused-ring (bicyclic) bond motifs is 1. The third-order valence-electron chi connectivity index (χ3n) is 2.93. The molecule has 0 atom stereocenters. The number of nitrogens with one attached hydrogen (secondary N) is 2. The number of nitrogens with zero attached hydrogens (tertiary/aromatic N) is 3. The van der Waals surface area contributed by atoms with Crippen molar-refractivity contribution in [2.24, 2.45) is 0 Å². The van der Waals surface area contributed by atoms with E-state index in [9.17, 15) is 0 Å².